The number of nitro benzene ring substituents is 1. The Morgan fingerprint density at radius 2 is 2.20 bits per heavy atom. The number of carboxylic acids is 1. The van der Waals surface area contributed by atoms with Crippen molar-refractivity contribution in [2.45, 2.75) is 25.5 Å². The van der Waals surface area contributed by atoms with Crippen LogP contribution in [-0.4, -0.2) is 43.6 Å². The number of thioether (sulfide) groups is 1. The number of phenolic OH excluding ortho intramolecular Hbond substituents is 1. The second kappa shape index (κ2) is 7.30. The highest BCUT2D eigenvalue weighted by Crippen LogP contribution is 2.34. The van der Waals surface area contributed by atoms with E-state index < -0.39 is 33.5 Å². The van der Waals surface area contributed by atoms with Gasteiger partial charge in [-0.25, -0.2) is 0 Å². The number of carbonyl (C=O) groups is 2. The van der Waals surface area contributed by atoms with E-state index in [1.807, 2.05) is 0 Å². The number of carboxylic acid groups (broad SMARTS) is 1. The molecule has 1 saturated heterocycles. The number of amides is 1. The van der Waals surface area contributed by atoms with Crippen LogP contribution in [0.5, 0.6) is 5.75 Å². The number of carbonyl (C=O) groups excluding carboxylic acids is 1. The molecule has 0 aliphatic carbocycles. The minimum absolute atomic E-state index is 0.107. The largest absolute Gasteiger partial charge is 0.502 e. The Labute approximate surface area is 145 Å². The van der Waals surface area contributed by atoms with Crippen LogP contribution in [0, 0.1) is 24.0 Å². The lowest BCUT2D eigenvalue weighted by molar-refractivity contribution is -0.386. The monoisotopic (exact) mass is 366 g/mol. The summed E-state index contributed by atoms with van der Waals surface area (Å²) in [4.78, 5) is 32.6. The van der Waals surface area contributed by atoms with Crippen LogP contribution in [0.4, 0.5) is 5.69 Å². The summed E-state index contributed by atoms with van der Waals surface area (Å²) < 4.78 is 0. The molecule has 1 atom stereocenters. The summed E-state index contributed by atoms with van der Waals surface area (Å²) in [6.45, 7) is 3.19. The molecule has 1 unspecified atom stereocenters. The lowest BCUT2D eigenvalue weighted by Gasteiger charge is -2.06. The van der Waals surface area contributed by atoms with Crippen LogP contribution in [0.2, 0.25) is 0 Å². The summed E-state index contributed by atoms with van der Waals surface area (Å²) in [5.74, 6) is -2.11. The summed E-state index contributed by atoms with van der Waals surface area (Å²) in [6, 6.07) is 1.52. The molecular formula is C14H14N4O6S. The standard InChI is InChI=1S/C14H14N4O6S/c1-6-3-8(12(21)11(7(6)2)18(23)24)5-15-17-14-16-13(22)9(25-14)4-10(19)20/h3,5,9,21H,4H2,1-2H3,(H,19,20)(H,16,17,22). The van der Waals surface area contributed by atoms with Crippen molar-refractivity contribution in [2.75, 3.05) is 0 Å². The molecule has 25 heavy (non-hydrogen) atoms. The van der Waals surface area contributed by atoms with E-state index in [4.69, 9.17) is 5.11 Å². The Morgan fingerprint density at radius 1 is 1.52 bits per heavy atom. The highest BCUT2D eigenvalue weighted by Gasteiger charge is 2.32. The van der Waals surface area contributed by atoms with Crippen molar-refractivity contribution in [3.8, 4) is 5.75 Å². The molecule has 1 aliphatic rings. The molecule has 10 nitrogen and oxygen atoms in total. The van der Waals surface area contributed by atoms with E-state index in [0.29, 0.717) is 11.1 Å². The molecule has 1 aromatic carbocycles. The maximum atomic E-state index is 11.6. The van der Waals surface area contributed by atoms with Crippen LogP contribution in [0.15, 0.2) is 16.3 Å². The molecule has 11 heteroatoms. The van der Waals surface area contributed by atoms with Crippen molar-refractivity contribution in [3.63, 3.8) is 0 Å². The second-order valence-corrected chi connectivity index (χ2v) is 6.40. The molecule has 0 spiro atoms. The molecule has 0 aromatic heterocycles. The van der Waals surface area contributed by atoms with Crippen molar-refractivity contribution in [1.29, 1.82) is 0 Å². The predicted molar refractivity (Wildman–Crippen MR) is 91.0 cm³/mol. The number of hydrogen-bond acceptors (Lipinski definition) is 8. The van der Waals surface area contributed by atoms with Gasteiger partial charge < -0.3 is 15.5 Å². The minimum atomic E-state index is -1.11. The molecule has 3 N–H and O–H groups in total. The maximum absolute atomic E-state index is 11.6. The van der Waals surface area contributed by atoms with Crippen molar-refractivity contribution in [2.24, 2.45) is 10.2 Å². The Kier molecular flexibility index (Phi) is 5.37. The predicted octanol–water partition coefficient (Wildman–Crippen LogP) is 1.31. The topological polar surface area (TPSA) is 154 Å². The van der Waals surface area contributed by atoms with Gasteiger partial charge in [-0.3, -0.25) is 19.7 Å². The van der Waals surface area contributed by atoms with Gasteiger partial charge in [-0.15, -0.1) is 5.10 Å². The number of rotatable bonds is 5. The number of amidine groups is 1. The number of benzene rings is 1. The van der Waals surface area contributed by atoms with Crippen LogP contribution in [-0.2, 0) is 9.59 Å². The van der Waals surface area contributed by atoms with Crippen LogP contribution < -0.4 is 5.32 Å². The molecule has 1 amide bonds. The van der Waals surface area contributed by atoms with Crippen LogP contribution in [0.3, 0.4) is 0 Å². The molecular weight excluding hydrogens is 352 g/mol. The molecule has 132 valence electrons. The highest BCUT2D eigenvalue weighted by atomic mass is 32.2. The summed E-state index contributed by atoms with van der Waals surface area (Å²) in [5.41, 5.74) is 0.652. The smallest absolute Gasteiger partial charge is 0.314 e. The highest BCUT2D eigenvalue weighted by molar-refractivity contribution is 8.15. The fraction of sp³-hybridized carbons (Fsp3) is 0.286. The third kappa shape index (κ3) is 4.12. The van der Waals surface area contributed by atoms with Gasteiger partial charge in [-0.05, 0) is 25.5 Å². The lowest BCUT2D eigenvalue weighted by atomic mass is 10.0. The van der Waals surface area contributed by atoms with Gasteiger partial charge in [0.2, 0.25) is 11.7 Å². The molecule has 2 rings (SSSR count). The zero-order valence-corrected chi connectivity index (χ0v) is 14.0. The number of nitro groups is 1. The van der Waals surface area contributed by atoms with Gasteiger partial charge in [0.15, 0.2) is 5.17 Å². The summed E-state index contributed by atoms with van der Waals surface area (Å²) in [5, 5.41) is 38.9. The first kappa shape index (κ1) is 18.4. The Morgan fingerprint density at radius 3 is 2.80 bits per heavy atom. The van der Waals surface area contributed by atoms with Gasteiger partial charge in [0.25, 0.3) is 0 Å². The van der Waals surface area contributed by atoms with Crippen molar-refractivity contribution in [3.05, 3.63) is 32.9 Å². The average molecular weight is 366 g/mol. The SMILES string of the molecule is Cc1cc(C=NN=C2NC(=O)C(CC(=O)O)S2)c(O)c([N+](=O)[O-])c1C. The van der Waals surface area contributed by atoms with Gasteiger partial charge in [0.05, 0.1) is 17.6 Å². The zero-order valence-electron chi connectivity index (χ0n) is 13.2. The number of aromatic hydroxyl groups is 1. The number of aryl methyl sites for hydroxylation is 1. The Balaban J connectivity index is 2.22. The number of nitrogens with zero attached hydrogens (tertiary/aromatic N) is 3. The van der Waals surface area contributed by atoms with E-state index >= 15 is 0 Å². The number of hydrogen-bond donors (Lipinski definition) is 3. The van der Waals surface area contributed by atoms with E-state index in [2.05, 4.69) is 15.5 Å². The Bertz CT molecular complexity index is 820. The van der Waals surface area contributed by atoms with E-state index in [-0.39, 0.29) is 17.2 Å². The normalized spacial score (nSPS) is 18.7. The number of phenols is 1. The first-order chi connectivity index (χ1) is 11.7. The van der Waals surface area contributed by atoms with Crippen molar-refractivity contribution in [1.82, 2.24) is 5.32 Å². The molecule has 0 saturated carbocycles. The summed E-state index contributed by atoms with van der Waals surface area (Å²) in [6.07, 6.45) is 0.780. The van der Waals surface area contributed by atoms with E-state index in [1.54, 1.807) is 6.92 Å². The Hall–Kier alpha value is -2.95. The summed E-state index contributed by atoms with van der Waals surface area (Å²) in [7, 11) is 0. The van der Waals surface area contributed by atoms with E-state index in [9.17, 15) is 24.8 Å². The fourth-order valence-electron chi connectivity index (χ4n) is 2.12. The van der Waals surface area contributed by atoms with Gasteiger partial charge in [0, 0.05) is 11.1 Å². The van der Waals surface area contributed by atoms with Crippen molar-refractivity contribution >= 4 is 40.7 Å². The first-order valence-electron chi connectivity index (χ1n) is 6.98. The van der Waals surface area contributed by atoms with Gasteiger partial charge in [-0.2, -0.15) is 5.10 Å². The molecule has 1 fully saturated rings. The average Bonchev–Trinajstić information content (AvgIpc) is 2.83. The fourth-order valence-corrected chi connectivity index (χ4v) is 3.04. The van der Waals surface area contributed by atoms with E-state index in [0.717, 1.165) is 18.0 Å². The summed E-state index contributed by atoms with van der Waals surface area (Å²) >= 11 is 0.924. The molecule has 1 heterocycles. The first-order valence-corrected chi connectivity index (χ1v) is 7.86. The third-order valence-electron chi connectivity index (χ3n) is 3.48. The minimum Gasteiger partial charge on any atom is -0.502 e. The zero-order chi connectivity index (χ0) is 18.7. The van der Waals surface area contributed by atoms with Crippen LogP contribution >= 0.6 is 11.8 Å². The molecule has 1 aliphatic heterocycles. The van der Waals surface area contributed by atoms with Crippen LogP contribution in [0.1, 0.15) is 23.1 Å². The second-order valence-electron chi connectivity index (χ2n) is 5.21. The van der Waals surface area contributed by atoms with Gasteiger partial charge >= 0.3 is 11.7 Å². The van der Waals surface area contributed by atoms with Gasteiger partial charge in [-0.1, -0.05) is 11.8 Å². The molecule has 1 aromatic rings. The quantitative estimate of drug-likeness (QED) is 0.403. The number of aliphatic carboxylic acids is 1. The third-order valence-corrected chi connectivity index (χ3v) is 4.55. The lowest BCUT2D eigenvalue weighted by Crippen LogP contribution is -2.26. The maximum Gasteiger partial charge on any atom is 0.314 e. The molecule has 0 radical (unpaired) electrons. The number of nitrogens with one attached hydrogen (secondary N) is 1. The molecule has 0 bridgehead atoms. The van der Waals surface area contributed by atoms with Crippen LogP contribution in [0.25, 0.3) is 0 Å². The van der Waals surface area contributed by atoms with Crippen molar-refractivity contribution < 1.29 is 24.7 Å². The van der Waals surface area contributed by atoms with E-state index in [1.165, 1.54) is 13.0 Å². The van der Waals surface area contributed by atoms with Gasteiger partial charge in [0.1, 0.15) is 5.25 Å².